The van der Waals surface area contributed by atoms with Crippen LogP contribution in [0.15, 0.2) is 16.6 Å². The summed E-state index contributed by atoms with van der Waals surface area (Å²) in [5.41, 5.74) is 0.646. The monoisotopic (exact) mass is 281 g/mol. The van der Waals surface area contributed by atoms with Crippen LogP contribution in [0.4, 0.5) is 10.1 Å². The Morgan fingerprint density at radius 1 is 1.57 bits per heavy atom. The van der Waals surface area contributed by atoms with E-state index in [0.717, 1.165) is 0 Å². The normalized spacial score (nSPS) is 10.3. The molecule has 0 amide bonds. The zero-order valence-electron chi connectivity index (χ0n) is 7.61. The molecule has 1 rings (SSSR count). The van der Waals surface area contributed by atoms with Gasteiger partial charge < -0.3 is 10.1 Å². The van der Waals surface area contributed by atoms with Gasteiger partial charge in [-0.3, -0.25) is 0 Å². The molecular weight excluding hydrogens is 272 g/mol. The van der Waals surface area contributed by atoms with E-state index in [1.807, 2.05) is 0 Å². The fourth-order valence-electron chi connectivity index (χ4n) is 0.955. The minimum Gasteiger partial charge on any atom is -0.383 e. The molecule has 1 N–H and O–H groups in total. The second-order valence-corrected chi connectivity index (χ2v) is 3.87. The van der Waals surface area contributed by atoms with Crippen molar-refractivity contribution in [3.8, 4) is 0 Å². The molecule has 0 aliphatic carbocycles. The van der Waals surface area contributed by atoms with Gasteiger partial charge in [0.25, 0.3) is 0 Å². The summed E-state index contributed by atoms with van der Waals surface area (Å²) < 4.78 is 18.3. The third kappa shape index (κ3) is 3.12. The zero-order chi connectivity index (χ0) is 10.6. The molecule has 0 spiro atoms. The fourth-order valence-corrected chi connectivity index (χ4v) is 1.39. The summed E-state index contributed by atoms with van der Waals surface area (Å²) in [6, 6.07) is 3.04. The highest BCUT2D eigenvalue weighted by Gasteiger charge is 2.05. The van der Waals surface area contributed by atoms with Gasteiger partial charge in [-0.2, -0.15) is 0 Å². The first-order chi connectivity index (χ1) is 6.65. The third-order valence-corrected chi connectivity index (χ3v) is 2.95. The first-order valence-electron chi connectivity index (χ1n) is 4.02. The smallest absolute Gasteiger partial charge is 0.140 e. The zero-order valence-corrected chi connectivity index (χ0v) is 9.95. The van der Waals surface area contributed by atoms with Gasteiger partial charge in [0.1, 0.15) is 5.82 Å². The first kappa shape index (κ1) is 11.8. The van der Waals surface area contributed by atoms with Crippen LogP contribution in [-0.4, -0.2) is 20.3 Å². The molecule has 0 radical (unpaired) electrons. The number of rotatable bonds is 4. The molecule has 0 aromatic heterocycles. The van der Waals surface area contributed by atoms with E-state index in [2.05, 4.69) is 21.2 Å². The SMILES string of the molecule is COCCNc1cc(F)c(Br)c(Cl)c1. The van der Waals surface area contributed by atoms with Crippen molar-refractivity contribution in [3.63, 3.8) is 0 Å². The standard InChI is InChI=1S/C9H10BrClFNO/c1-14-3-2-13-6-4-7(11)9(10)8(12)5-6/h4-5,13H,2-3H2,1H3. The van der Waals surface area contributed by atoms with Crippen molar-refractivity contribution in [2.24, 2.45) is 0 Å². The second kappa shape index (κ2) is 5.53. The lowest BCUT2D eigenvalue weighted by molar-refractivity contribution is 0.211. The minimum absolute atomic E-state index is 0.288. The number of halogens is 3. The van der Waals surface area contributed by atoms with Crippen LogP contribution in [0.5, 0.6) is 0 Å². The van der Waals surface area contributed by atoms with E-state index >= 15 is 0 Å². The molecule has 14 heavy (non-hydrogen) atoms. The maximum Gasteiger partial charge on any atom is 0.140 e. The Morgan fingerprint density at radius 3 is 2.86 bits per heavy atom. The number of anilines is 1. The van der Waals surface area contributed by atoms with Crippen LogP contribution >= 0.6 is 27.5 Å². The molecule has 0 fully saturated rings. The summed E-state index contributed by atoms with van der Waals surface area (Å²) in [5, 5.41) is 3.34. The summed E-state index contributed by atoms with van der Waals surface area (Å²) in [4.78, 5) is 0. The Bertz CT molecular complexity index is 299. The number of methoxy groups -OCH3 is 1. The predicted octanol–water partition coefficient (Wildman–Crippen LogP) is 3.30. The number of nitrogens with one attached hydrogen (secondary N) is 1. The van der Waals surface area contributed by atoms with Gasteiger partial charge in [-0.15, -0.1) is 0 Å². The van der Waals surface area contributed by atoms with Crippen molar-refractivity contribution in [2.75, 3.05) is 25.6 Å². The van der Waals surface area contributed by atoms with Crippen molar-refractivity contribution >= 4 is 33.2 Å². The quantitative estimate of drug-likeness (QED) is 0.676. The first-order valence-corrected chi connectivity index (χ1v) is 5.19. The van der Waals surface area contributed by atoms with Gasteiger partial charge in [0.05, 0.1) is 16.1 Å². The molecular formula is C9H10BrClFNO. The third-order valence-electron chi connectivity index (χ3n) is 1.62. The average molecular weight is 283 g/mol. The molecule has 0 heterocycles. The maximum absolute atomic E-state index is 13.1. The van der Waals surface area contributed by atoms with E-state index in [0.29, 0.717) is 23.9 Å². The number of hydrogen-bond acceptors (Lipinski definition) is 2. The molecule has 1 aromatic rings. The molecule has 0 bridgehead atoms. The van der Waals surface area contributed by atoms with Crippen LogP contribution in [0.2, 0.25) is 5.02 Å². The Labute approximate surface area is 95.5 Å². The van der Waals surface area contributed by atoms with Gasteiger partial charge in [0, 0.05) is 19.3 Å². The van der Waals surface area contributed by atoms with E-state index in [9.17, 15) is 4.39 Å². The molecule has 5 heteroatoms. The van der Waals surface area contributed by atoms with Crippen LogP contribution in [-0.2, 0) is 4.74 Å². The Balaban J connectivity index is 2.69. The molecule has 2 nitrogen and oxygen atoms in total. The molecule has 0 saturated heterocycles. The van der Waals surface area contributed by atoms with E-state index in [1.165, 1.54) is 6.07 Å². The van der Waals surface area contributed by atoms with E-state index in [-0.39, 0.29) is 10.3 Å². The minimum atomic E-state index is -0.377. The van der Waals surface area contributed by atoms with Crippen LogP contribution in [0.25, 0.3) is 0 Å². The molecule has 0 saturated carbocycles. The summed E-state index contributed by atoms with van der Waals surface area (Å²) in [6.45, 7) is 1.18. The van der Waals surface area contributed by atoms with Gasteiger partial charge in [-0.25, -0.2) is 4.39 Å². The molecule has 0 aliphatic rings. The number of ether oxygens (including phenoxy) is 1. The topological polar surface area (TPSA) is 21.3 Å². The highest BCUT2D eigenvalue weighted by atomic mass is 79.9. The van der Waals surface area contributed by atoms with Crippen LogP contribution < -0.4 is 5.32 Å². The van der Waals surface area contributed by atoms with Crippen LogP contribution in [0.1, 0.15) is 0 Å². The fraction of sp³-hybridized carbons (Fsp3) is 0.333. The molecule has 0 atom stereocenters. The van der Waals surface area contributed by atoms with Gasteiger partial charge in [0.15, 0.2) is 0 Å². The van der Waals surface area contributed by atoms with Crippen LogP contribution in [0.3, 0.4) is 0 Å². The van der Waals surface area contributed by atoms with Gasteiger partial charge in [-0.1, -0.05) is 11.6 Å². The number of benzene rings is 1. The second-order valence-electron chi connectivity index (χ2n) is 2.67. The largest absolute Gasteiger partial charge is 0.383 e. The predicted molar refractivity (Wildman–Crippen MR) is 59.5 cm³/mol. The lowest BCUT2D eigenvalue weighted by Gasteiger charge is -2.07. The van der Waals surface area contributed by atoms with Crippen molar-refractivity contribution in [3.05, 3.63) is 27.4 Å². The van der Waals surface area contributed by atoms with Crippen molar-refractivity contribution in [1.29, 1.82) is 0 Å². The van der Waals surface area contributed by atoms with Crippen molar-refractivity contribution in [2.45, 2.75) is 0 Å². The van der Waals surface area contributed by atoms with E-state index in [4.69, 9.17) is 16.3 Å². The van der Waals surface area contributed by atoms with Crippen molar-refractivity contribution < 1.29 is 9.13 Å². The Morgan fingerprint density at radius 2 is 2.29 bits per heavy atom. The van der Waals surface area contributed by atoms with Gasteiger partial charge in [-0.05, 0) is 28.1 Å². The Kier molecular flexibility index (Phi) is 4.65. The summed E-state index contributed by atoms with van der Waals surface area (Å²) in [5.74, 6) is -0.377. The maximum atomic E-state index is 13.1. The highest BCUT2D eigenvalue weighted by molar-refractivity contribution is 9.10. The summed E-state index contributed by atoms with van der Waals surface area (Å²) >= 11 is 8.81. The van der Waals surface area contributed by atoms with Crippen molar-refractivity contribution in [1.82, 2.24) is 0 Å². The molecule has 0 unspecified atom stereocenters. The average Bonchev–Trinajstić information content (AvgIpc) is 2.14. The summed E-state index contributed by atoms with van der Waals surface area (Å²) in [6.07, 6.45) is 0. The van der Waals surface area contributed by atoms with E-state index < -0.39 is 0 Å². The van der Waals surface area contributed by atoms with Crippen LogP contribution in [0, 0.1) is 5.82 Å². The van der Waals surface area contributed by atoms with Gasteiger partial charge >= 0.3 is 0 Å². The molecule has 0 aliphatic heterocycles. The molecule has 78 valence electrons. The lowest BCUT2D eigenvalue weighted by atomic mass is 10.3. The Hall–Kier alpha value is -0.320. The van der Waals surface area contributed by atoms with E-state index in [1.54, 1.807) is 13.2 Å². The summed E-state index contributed by atoms with van der Waals surface area (Å²) in [7, 11) is 1.61. The van der Waals surface area contributed by atoms with Gasteiger partial charge in [0.2, 0.25) is 0 Å². The number of hydrogen-bond donors (Lipinski definition) is 1. The molecule has 1 aromatic carbocycles. The highest BCUT2D eigenvalue weighted by Crippen LogP contribution is 2.28. The lowest BCUT2D eigenvalue weighted by Crippen LogP contribution is -2.07.